The van der Waals surface area contributed by atoms with Crippen molar-refractivity contribution in [2.75, 3.05) is 12.3 Å². The molecule has 0 aliphatic carbocycles. The second-order valence-corrected chi connectivity index (χ2v) is 4.54. The molecule has 22 heavy (non-hydrogen) atoms. The zero-order valence-corrected chi connectivity index (χ0v) is 11.7. The van der Waals surface area contributed by atoms with Crippen molar-refractivity contribution in [1.29, 1.82) is 5.26 Å². The molecule has 10 heteroatoms. The maximum atomic E-state index is 9.95. The van der Waals surface area contributed by atoms with E-state index in [9.17, 15) is 10.2 Å². The highest BCUT2D eigenvalue weighted by Gasteiger charge is 2.43. The Kier molecular flexibility index (Phi) is 4.84. The maximum absolute atomic E-state index is 9.95. The lowest BCUT2D eigenvalue weighted by Crippen LogP contribution is -2.33. The minimum Gasteiger partial charge on any atom is -0.394 e. The predicted molar refractivity (Wildman–Crippen MR) is 74.0 cm³/mol. The van der Waals surface area contributed by atoms with E-state index >= 15 is 0 Å². The van der Waals surface area contributed by atoms with Gasteiger partial charge in [0, 0.05) is 6.92 Å². The molecule has 0 saturated carbocycles. The fourth-order valence-corrected chi connectivity index (χ4v) is 2.17. The van der Waals surface area contributed by atoms with E-state index < -0.39 is 31.1 Å². The van der Waals surface area contributed by atoms with Gasteiger partial charge in [0.2, 0.25) is 0 Å². The fraction of sp³-hybridized carbons (Fsp3) is 0.500. The van der Waals surface area contributed by atoms with E-state index in [-0.39, 0.29) is 5.82 Å². The Morgan fingerprint density at radius 3 is 2.64 bits per heavy atom. The number of nitriles is 1. The molecule has 0 unspecified atom stereocenters. The summed E-state index contributed by atoms with van der Waals surface area (Å²) in [5.41, 5.74) is 6.44. The summed E-state index contributed by atoms with van der Waals surface area (Å²) < 4.78 is 6.85. The van der Waals surface area contributed by atoms with E-state index in [0.29, 0.717) is 11.2 Å². The van der Waals surface area contributed by atoms with Gasteiger partial charge in [0.1, 0.15) is 30.2 Å². The topological polar surface area (TPSA) is 163 Å². The highest BCUT2D eigenvalue weighted by molar-refractivity contribution is 5.81. The van der Waals surface area contributed by atoms with Crippen molar-refractivity contribution in [3.8, 4) is 6.07 Å². The molecule has 1 saturated heterocycles. The third kappa shape index (κ3) is 2.70. The van der Waals surface area contributed by atoms with Crippen molar-refractivity contribution in [2.24, 2.45) is 0 Å². The summed E-state index contributed by atoms with van der Waals surface area (Å²) in [4.78, 5) is 11.9. The number of hydrogen-bond donors (Lipinski definition) is 4. The molecule has 1 aliphatic rings. The van der Waals surface area contributed by atoms with Gasteiger partial charge in [-0.05, 0) is 0 Å². The predicted octanol–water partition coefficient (Wildman–Crippen LogP) is -1.45. The van der Waals surface area contributed by atoms with Crippen LogP contribution in [0.5, 0.6) is 0 Å². The van der Waals surface area contributed by atoms with Crippen LogP contribution in [0.25, 0.3) is 11.2 Å². The first-order chi connectivity index (χ1) is 10.5. The minimum absolute atomic E-state index is 0.218. The van der Waals surface area contributed by atoms with E-state index in [2.05, 4.69) is 15.0 Å². The third-order valence-corrected chi connectivity index (χ3v) is 3.18. The van der Waals surface area contributed by atoms with Crippen LogP contribution in [0.1, 0.15) is 13.2 Å². The van der Waals surface area contributed by atoms with E-state index in [1.165, 1.54) is 24.1 Å². The van der Waals surface area contributed by atoms with Gasteiger partial charge in [0.05, 0.1) is 19.0 Å². The Labute approximate surface area is 125 Å². The van der Waals surface area contributed by atoms with Crippen LogP contribution < -0.4 is 5.73 Å². The van der Waals surface area contributed by atoms with Gasteiger partial charge < -0.3 is 25.8 Å². The molecule has 0 bridgehead atoms. The van der Waals surface area contributed by atoms with E-state index in [1.807, 2.05) is 0 Å². The molecule has 1 fully saturated rings. The molecule has 3 rings (SSSR count). The van der Waals surface area contributed by atoms with Gasteiger partial charge in [-0.2, -0.15) is 5.26 Å². The highest BCUT2D eigenvalue weighted by atomic mass is 16.6. The second-order valence-electron chi connectivity index (χ2n) is 4.54. The Morgan fingerprint density at radius 2 is 2.05 bits per heavy atom. The number of nitrogen functional groups attached to an aromatic ring is 1. The first-order valence-corrected chi connectivity index (χ1v) is 6.41. The van der Waals surface area contributed by atoms with Gasteiger partial charge >= 0.3 is 0 Å². The maximum Gasteiger partial charge on any atom is 0.167 e. The highest BCUT2D eigenvalue weighted by Crippen LogP contribution is 2.31. The summed E-state index contributed by atoms with van der Waals surface area (Å²) in [5, 5.41) is 36.1. The zero-order valence-electron chi connectivity index (χ0n) is 11.7. The van der Waals surface area contributed by atoms with Crippen LogP contribution in [0.2, 0.25) is 0 Å². The van der Waals surface area contributed by atoms with Crippen molar-refractivity contribution in [3.05, 3.63) is 12.7 Å². The monoisotopic (exact) mass is 308 g/mol. The number of hydrogen-bond acceptors (Lipinski definition) is 9. The summed E-state index contributed by atoms with van der Waals surface area (Å²) in [7, 11) is 0. The van der Waals surface area contributed by atoms with Crippen molar-refractivity contribution < 1.29 is 20.1 Å². The summed E-state index contributed by atoms with van der Waals surface area (Å²) in [6.07, 6.45) is -1.42. The number of ether oxygens (including phenoxy) is 1. The second kappa shape index (κ2) is 6.63. The molecule has 3 heterocycles. The zero-order chi connectivity index (χ0) is 16.3. The van der Waals surface area contributed by atoms with Crippen molar-refractivity contribution >= 4 is 17.0 Å². The van der Waals surface area contributed by atoms with E-state index in [4.69, 9.17) is 20.8 Å². The third-order valence-electron chi connectivity index (χ3n) is 3.18. The molecule has 0 spiro atoms. The molecule has 5 N–H and O–H groups in total. The normalized spacial score (nSPS) is 27.2. The molecule has 2 aromatic heterocycles. The summed E-state index contributed by atoms with van der Waals surface area (Å²) in [5.74, 6) is 0.218. The van der Waals surface area contributed by atoms with Crippen LogP contribution in [0, 0.1) is 11.3 Å². The van der Waals surface area contributed by atoms with Crippen LogP contribution in [-0.2, 0) is 4.74 Å². The lowest BCUT2D eigenvalue weighted by atomic mass is 10.1. The number of aliphatic hydroxyl groups is 3. The fourth-order valence-electron chi connectivity index (χ4n) is 2.17. The van der Waals surface area contributed by atoms with Gasteiger partial charge in [0.15, 0.2) is 17.7 Å². The molecular formula is C12H16N6O4. The first-order valence-electron chi connectivity index (χ1n) is 6.41. The van der Waals surface area contributed by atoms with Crippen molar-refractivity contribution in [3.63, 3.8) is 0 Å². The average molecular weight is 308 g/mol. The van der Waals surface area contributed by atoms with E-state index in [0.717, 1.165) is 0 Å². The smallest absolute Gasteiger partial charge is 0.167 e. The first kappa shape index (κ1) is 16.1. The van der Waals surface area contributed by atoms with Gasteiger partial charge in [-0.3, -0.25) is 4.57 Å². The largest absolute Gasteiger partial charge is 0.394 e. The Hall–Kier alpha value is -2.32. The molecule has 2 aromatic rings. The SMILES string of the molecule is CC#N.Nc1ncnc2c1ncn2[C@@H]1O[C@H](CO)[C@@H](O)[C@H]1O. The molecule has 0 radical (unpaired) electrons. The van der Waals surface area contributed by atoms with Gasteiger partial charge in [-0.1, -0.05) is 0 Å². The molecule has 0 aromatic carbocycles. The van der Waals surface area contributed by atoms with Crippen molar-refractivity contribution in [2.45, 2.75) is 31.5 Å². The number of imidazole rings is 1. The number of aromatic nitrogens is 4. The molecular weight excluding hydrogens is 292 g/mol. The summed E-state index contributed by atoms with van der Waals surface area (Å²) in [6, 6.07) is 1.75. The number of fused-ring (bicyclic) bond motifs is 1. The number of anilines is 1. The number of nitrogens with zero attached hydrogens (tertiary/aromatic N) is 5. The minimum atomic E-state index is -1.19. The summed E-state index contributed by atoms with van der Waals surface area (Å²) in [6.45, 7) is 1.04. The lowest BCUT2D eigenvalue weighted by Gasteiger charge is -2.16. The standard InChI is InChI=1S/C10H13N5O4.C2H3N/c11-8-5-9(13-2-12-8)15(3-14-5)10-7(18)6(17)4(1-16)19-10;1-2-3/h2-4,6-7,10,16-18H,1H2,(H2,11,12,13);1H3/t4-,6-,7-,10-;/m1./s1. The van der Waals surface area contributed by atoms with Crippen LogP contribution in [0.4, 0.5) is 5.82 Å². The molecule has 0 amide bonds. The Bertz CT molecular complexity index is 684. The average Bonchev–Trinajstić information content (AvgIpc) is 3.04. The summed E-state index contributed by atoms with van der Waals surface area (Å²) >= 11 is 0. The van der Waals surface area contributed by atoms with Crippen LogP contribution >= 0.6 is 0 Å². The van der Waals surface area contributed by atoms with E-state index in [1.54, 1.807) is 6.07 Å². The van der Waals surface area contributed by atoms with Gasteiger partial charge in [-0.15, -0.1) is 0 Å². The number of rotatable bonds is 2. The molecule has 1 aliphatic heterocycles. The lowest BCUT2D eigenvalue weighted by molar-refractivity contribution is -0.0511. The Balaban J connectivity index is 0.000000545. The van der Waals surface area contributed by atoms with Crippen molar-refractivity contribution in [1.82, 2.24) is 19.5 Å². The Morgan fingerprint density at radius 1 is 1.36 bits per heavy atom. The van der Waals surface area contributed by atoms with Crippen LogP contribution in [0.15, 0.2) is 12.7 Å². The van der Waals surface area contributed by atoms with Crippen LogP contribution in [0.3, 0.4) is 0 Å². The molecule has 4 atom stereocenters. The molecule has 118 valence electrons. The van der Waals surface area contributed by atoms with Gasteiger partial charge in [-0.25, -0.2) is 15.0 Å². The number of nitrogens with two attached hydrogens (primary N) is 1. The van der Waals surface area contributed by atoms with Gasteiger partial charge in [0.25, 0.3) is 0 Å². The quantitative estimate of drug-likeness (QED) is 0.519. The molecule has 10 nitrogen and oxygen atoms in total. The number of aliphatic hydroxyl groups excluding tert-OH is 3. The van der Waals surface area contributed by atoms with Crippen LogP contribution in [-0.4, -0.2) is 59.8 Å².